The fourth-order valence-corrected chi connectivity index (χ4v) is 1.34. The van der Waals surface area contributed by atoms with E-state index in [1.54, 1.807) is 31.4 Å². The maximum absolute atomic E-state index is 11.5. The van der Waals surface area contributed by atoms with Gasteiger partial charge in [0.05, 0.1) is 13.7 Å². The van der Waals surface area contributed by atoms with Crippen LogP contribution in [-0.2, 0) is 4.79 Å². The van der Waals surface area contributed by atoms with Crippen LogP contribution in [0.1, 0.15) is 13.3 Å². The van der Waals surface area contributed by atoms with Gasteiger partial charge in [-0.1, -0.05) is 6.92 Å². The third-order valence-electron chi connectivity index (χ3n) is 2.33. The summed E-state index contributed by atoms with van der Waals surface area (Å²) in [6.07, 6.45) is 0.865. The molecule has 1 aromatic carbocycles. The summed E-state index contributed by atoms with van der Waals surface area (Å²) >= 11 is 0. The minimum Gasteiger partial charge on any atom is -0.497 e. The van der Waals surface area contributed by atoms with E-state index in [1.165, 1.54) is 0 Å². The van der Waals surface area contributed by atoms with Crippen LogP contribution in [0.15, 0.2) is 24.3 Å². The summed E-state index contributed by atoms with van der Waals surface area (Å²) in [4.78, 5) is 22.8. The Morgan fingerprint density at radius 1 is 1.16 bits per heavy atom. The van der Waals surface area contributed by atoms with Gasteiger partial charge in [-0.2, -0.15) is 0 Å². The molecule has 1 aromatic rings. The molecule has 0 spiro atoms. The molecule has 0 fully saturated rings. The van der Waals surface area contributed by atoms with E-state index >= 15 is 0 Å². The largest absolute Gasteiger partial charge is 0.497 e. The molecule has 0 aliphatic rings. The van der Waals surface area contributed by atoms with E-state index in [1.807, 2.05) is 6.92 Å². The molecule has 6 nitrogen and oxygen atoms in total. The monoisotopic (exact) mass is 265 g/mol. The van der Waals surface area contributed by atoms with Gasteiger partial charge >= 0.3 is 6.03 Å². The van der Waals surface area contributed by atoms with Gasteiger partial charge < -0.3 is 20.7 Å². The molecular weight excluding hydrogens is 246 g/mol. The summed E-state index contributed by atoms with van der Waals surface area (Å²) in [7, 11) is 1.57. The van der Waals surface area contributed by atoms with Crippen molar-refractivity contribution in [3.05, 3.63) is 24.3 Å². The van der Waals surface area contributed by atoms with Gasteiger partial charge in [-0.25, -0.2) is 4.79 Å². The molecule has 0 saturated heterocycles. The molecule has 0 atom stereocenters. The van der Waals surface area contributed by atoms with E-state index in [0.717, 1.165) is 6.42 Å². The van der Waals surface area contributed by atoms with E-state index in [-0.39, 0.29) is 12.5 Å². The molecule has 104 valence electrons. The van der Waals surface area contributed by atoms with Crippen molar-refractivity contribution in [2.45, 2.75) is 13.3 Å². The lowest BCUT2D eigenvalue weighted by Gasteiger charge is -2.08. The Hall–Kier alpha value is -2.24. The Morgan fingerprint density at radius 2 is 1.84 bits per heavy atom. The van der Waals surface area contributed by atoms with E-state index in [0.29, 0.717) is 18.0 Å². The average Bonchev–Trinajstić information content (AvgIpc) is 2.43. The zero-order chi connectivity index (χ0) is 14.1. The molecule has 3 amide bonds. The molecule has 0 saturated carbocycles. The molecule has 0 heterocycles. The first-order valence-corrected chi connectivity index (χ1v) is 6.11. The van der Waals surface area contributed by atoms with Crippen LogP contribution in [0.2, 0.25) is 0 Å². The Kier molecular flexibility index (Phi) is 6.21. The van der Waals surface area contributed by atoms with Gasteiger partial charge in [0, 0.05) is 12.2 Å². The number of hydrogen-bond acceptors (Lipinski definition) is 3. The summed E-state index contributed by atoms with van der Waals surface area (Å²) in [5.41, 5.74) is 0.632. The highest BCUT2D eigenvalue weighted by atomic mass is 16.5. The first-order valence-electron chi connectivity index (χ1n) is 6.11. The number of nitrogens with one attached hydrogen (secondary N) is 3. The second-order valence-corrected chi connectivity index (χ2v) is 3.89. The van der Waals surface area contributed by atoms with Gasteiger partial charge in [-0.3, -0.25) is 4.79 Å². The van der Waals surface area contributed by atoms with Crippen LogP contribution in [0, 0.1) is 0 Å². The third kappa shape index (κ3) is 5.76. The van der Waals surface area contributed by atoms with Crippen LogP contribution in [0.5, 0.6) is 5.75 Å². The molecule has 6 heteroatoms. The van der Waals surface area contributed by atoms with Crippen molar-refractivity contribution in [3.8, 4) is 5.75 Å². The summed E-state index contributed by atoms with van der Waals surface area (Å²) in [6.45, 7) is 2.53. The quantitative estimate of drug-likeness (QED) is 0.726. The molecule has 0 bridgehead atoms. The van der Waals surface area contributed by atoms with Gasteiger partial charge in [0.25, 0.3) is 0 Å². The zero-order valence-corrected chi connectivity index (χ0v) is 11.2. The topological polar surface area (TPSA) is 79.5 Å². The van der Waals surface area contributed by atoms with Crippen molar-refractivity contribution in [1.29, 1.82) is 0 Å². The second kappa shape index (κ2) is 7.97. The molecule has 1 rings (SSSR count). The van der Waals surface area contributed by atoms with E-state index in [9.17, 15) is 9.59 Å². The van der Waals surface area contributed by atoms with E-state index in [2.05, 4.69) is 16.0 Å². The van der Waals surface area contributed by atoms with Crippen LogP contribution in [-0.4, -0.2) is 32.1 Å². The van der Waals surface area contributed by atoms with Crippen LogP contribution in [0.4, 0.5) is 10.5 Å². The van der Waals surface area contributed by atoms with Crippen molar-refractivity contribution in [2.75, 3.05) is 25.5 Å². The highest BCUT2D eigenvalue weighted by Crippen LogP contribution is 2.14. The number of ether oxygens (including phenoxy) is 1. The first-order chi connectivity index (χ1) is 9.15. The van der Waals surface area contributed by atoms with Crippen molar-refractivity contribution < 1.29 is 14.3 Å². The first kappa shape index (κ1) is 14.8. The molecule has 19 heavy (non-hydrogen) atoms. The number of amides is 3. The van der Waals surface area contributed by atoms with Crippen LogP contribution >= 0.6 is 0 Å². The normalized spacial score (nSPS) is 9.58. The van der Waals surface area contributed by atoms with Crippen molar-refractivity contribution >= 4 is 17.6 Å². The zero-order valence-electron chi connectivity index (χ0n) is 11.2. The maximum atomic E-state index is 11.5. The summed E-state index contributed by atoms with van der Waals surface area (Å²) in [5.74, 6) is 0.511. The summed E-state index contributed by atoms with van der Waals surface area (Å²) in [6, 6.07) is 6.50. The van der Waals surface area contributed by atoms with E-state index in [4.69, 9.17) is 4.74 Å². The Morgan fingerprint density at radius 3 is 2.42 bits per heavy atom. The van der Waals surface area contributed by atoms with Crippen molar-refractivity contribution in [1.82, 2.24) is 10.6 Å². The number of anilines is 1. The number of carbonyl (C=O) groups is 2. The minimum atomic E-state index is -0.420. The molecule has 3 N–H and O–H groups in total. The van der Waals surface area contributed by atoms with Gasteiger partial charge in [0.15, 0.2) is 0 Å². The number of benzene rings is 1. The highest BCUT2D eigenvalue weighted by Gasteiger charge is 2.04. The summed E-state index contributed by atoms with van der Waals surface area (Å²) in [5, 5.41) is 7.76. The van der Waals surface area contributed by atoms with Crippen molar-refractivity contribution in [2.24, 2.45) is 0 Å². The van der Waals surface area contributed by atoms with Gasteiger partial charge in [-0.05, 0) is 30.7 Å². The van der Waals surface area contributed by atoms with Crippen LogP contribution in [0.25, 0.3) is 0 Å². The molecule has 0 aliphatic heterocycles. The molecule has 0 radical (unpaired) electrons. The number of urea groups is 1. The lowest BCUT2D eigenvalue weighted by atomic mass is 10.3. The average molecular weight is 265 g/mol. The Bertz CT molecular complexity index is 418. The molecule has 0 aliphatic carbocycles. The smallest absolute Gasteiger partial charge is 0.319 e. The van der Waals surface area contributed by atoms with Gasteiger partial charge in [0.1, 0.15) is 5.75 Å². The number of rotatable bonds is 6. The van der Waals surface area contributed by atoms with Crippen molar-refractivity contribution in [3.63, 3.8) is 0 Å². The lowest BCUT2D eigenvalue weighted by Crippen LogP contribution is -2.39. The molecule has 0 aromatic heterocycles. The predicted molar refractivity (Wildman–Crippen MR) is 73.3 cm³/mol. The fourth-order valence-electron chi connectivity index (χ4n) is 1.34. The Labute approximate surface area is 112 Å². The van der Waals surface area contributed by atoms with Gasteiger partial charge in [0.2, 0.25) is 5.91 Å². The van der Waals surface area contributed by atoms with Gasteiger partial charge in [-0.15, -0.1) is 0 Å². The highest BCUT2D eigenvalue weighted by molar-refractivity contribution is 5.92. The number of hydrogen-bond donors (Lipinski definition) is 3. The van der Waals surface area contributed by atoms with E-state index < -0.39 is 6.03 Å². The maximum Gasteiger partial charge on any atom is 0.319 e. The standard InChI is InChI=1S/C13H19N3O3/c1-3-8-14-12(17)9-15-13(18)16-10-4-6-11(19-2)7-5-10/h4-7H,3,8-9H2,1-2H3,(H,14,17)(H2,15,16,18). The van der Waals surface area contributed by atoms with Crippen LogP contribution < -0.4 is 20.7 Å². The van der Waals surface area contributed by atoms with Crippen LogP contribution in [0.3, 0.4) is 0 Å². The number of carbonyl (C=O) groups excluding carboxylic acids is 2. The SMILES string of the molecule is CCCNC(=O)CNC(=O)Nc1ccc(OC)cc1. The molecule has 0 unspecified atom stereocenters. The fraction of sp³-hybridized carbons (Fsp3) is 0.385. The third-order valence-corrected chi connectivity index (χ3v) is 2.33. The summed E-state index contributed by atoms with van der Waals surface area (Å²) < 4.78 is 5.01. The Balaban J connectivity index is 2.32. The predicted octanol–water partition coefficient (Wildman–Crippen LogP) is 1.34. The lowest BCUT2D eigenvalue weighted by molar-refractivity contribution is -0.120. The minimum absolute atomic E-state index is 0.0397. The molecular formula is C13H19N3O3. The number of methoxy groups -OCH3 is 1. The second-order valence-electron chi connectivity index (χ2n) is 3.89.